The van der Waals surface area contributed by atoms with Gasteiger partial charge in [-0.05, 0) is 14.1 Å². The first-order valence-corrected chi connectivity index (χ1v) is 3.57. The summed E-state index contributed by atoms with van der Waals surface area (Å²) in [6.07, 6.45) is 0.0823. The van der Waals surface area contributed by atoms with Crippen molar-refractivity contribution in [2.45, 2.75) is 13.3 Å². The van der Waals surface area contributed by atoms with Crippen LogP contribution in [-0.4, -0.2) is 42.9 Å². The summed E-state index contributed by atoms with van der Waals surface area (Å²) < 4.78 is 4.36. The first-order chi connectivity index (χ1) is 5.49. The maximum atomic E-state index is 10.7. The molecule has 0 spiro atoms. The summed E-state index contributed by atoms with van der Waals surface area (Å²) in [5, 5.41) is 8.97. The molecule has 5 nitrogen and oxygen atoms in total. The first-order valence-electron chi connectivity index (χ1n) is 3.57. The Labute approximate surface area is 71.5 Å². The number of rotatable bonds is 4. The van der Waals surface area contributed by atoms with Gasteiger partial charge in [-0.2, -0.15) is 0 Å². The van der Waals surface area contributed by atoms with E-state index in [1.165, 1.54) is 18.9 Å². The summed E-state index contributed by atoms with van der Waals surface area (Å²) in [7, 11) is 1.69. The average Bonchev–Trinajstić information content (AvgIpc) is 2.02. The van der Waals surface area contributed by atoms with Crippen LogP contribution >= 0.6 is 0 Å². The number of carbonyl (C=O) groups is 2. The van der Waals surface area contributed by atoms with Gasteiger partial charge in [-0.15, -0.1) is 0 Å². The Balaban J connectivity index is 3.92. The fraction of sp³-hybridized carbons (Fsp3) is 0.667. The van der Waals surface area contributed by atoms with Crippen molar-refractivity contribution in [3.63, 3.8) is 0 Å². The largest absolute Gasteiger partial charge is 0.627 e. The maximum Gasteiger partial charge on any atom is 0.627 e. The fourth-order valence-electron chi connectivity index (χ4n) is 0.411. The first kappa shape index (κ1) is 11.1. The molecule has 0 heterocycles. The summed E-state index contributed by atoms with van der Waals surface area (Å²) in [5.41, 5.74) is 0. The molecule has 0 fully saturated rings. The van der Waals surface area contributed by atoms with Gasteiger partial charge in [0.25, 0.3) is 0 Å². The molecule has 0 aromatic carbocycles. The molecule has 6 heteroatoms. The summed E-state index contributed by atoms with van der Waals surface area (Å²) in [6.45, 7) is 1.55. The fourth-order valence-corrected chi connectivity index (χ4v) is 0.411. The Morgan fingerprint density at radius 3 is 2.33 bits per heavy atom. The molecule has 0 aromatic rings. The highest BCUT2D eigenvalue weighted by atomic mass is 16.6. The summed E-state index contributed by atoms with van der Waals surface area (Å²) >= 11 is 0. The lowest BCUT2D eigenvalue weighted by Gasteiger charge is -2.12. The van der Waals surface area contributed by atoms with Gasteiger partial charge < -0.3 is 9.68 Å². The SMILES string of the molecule is CCC(=O)C(=O)OB(O)N(C)C. The molecule has 0 atom stereocenters. The van der Waals surface area contributed by atoms with E-state index in [1.54, 1.807) is 6.92 Å². The lowest BCUT2D eigenvalue weighted by molar-refractivity contribution is -0.148. The van der Waals surface area contributed by atoms with Crippen molar-refractivity contribution in [1.29, 1.82) is 0 Å². The third kappa shape index (κ3) is 3.50. The molecule has 0 aromatic heterocycles. The maximum absolute atomic E-state index is 10.7. The zero-order valence-electron chi connectivity index (χ0n) is 7.40. The van der Waals surface area contributed by atoms with Crippen LogP contribution in [0.15, 0.2) is 0 Å². The van der Waals surface area contributed by atoms with Gasteiger partial charge in [-0.1, -0.05) is 6.92 Å². The Morgan fingerprint density at radius 2 is 2.00 bits per heavy atom. The second kappa shape index (κ2) is 4.89. The Hall–Kier alpha value is -0.875. The quantitative estimate of drug-likeness (QED) is 0.438. The van der Waals surface area contributed by atoms with Crippen LogP contribution in [0.25, 0.3) is 0 Å². The van der Waals surface area contributed by atoms with Crippen LogP contribution in [0.4, 0.5) is 0 Å². The second-order valence-corrected chi connectivity index (χ2v) is 2.47. The average molecular weight is 173 g/mol. The predicted octanol–water partition coefficient (Wildman–Crippen LogP) is -0.952. The van der Waals surface area contributed by atoms with Crippen LogP contribution in [-0.2, 0) is 14.2 Å². The number of Topliss-reactive ketones (excluding diaryl/α,β-unsaturated/α-hetero) is 1. The van der Waals surface area contributed by atoms with E-state index in [2.05, 4.69) is 4.65 Å². The molecular formula is C6H12BNO4. The summed E-state index contributed by atoms with van der Waals surface area (Å²) in [6, 6.07) is 0. The van der Waals surface area contributed by atoms with E-state index in [0.717, 1.165) is 0 Å². The lowest BCUT2D eigenvalue weighted by Crippen LogP contribution is -2.39. The van der Waals surface area contributed by atoms with Crippen LogP contribution in [0.3, 0.4) is 0 Å². The van der Waals surface area contributed by atoms with Crippen molar-refractivity contribution in [2.24, 2.45) is 0 Å². The minimum Gasteiger partial charge on any atom is -0.490 e. The van der Waals surface area contributed by atoms with Gasteiger partial charge in [0.15, 0.2) is 0 Å². The molecule has 0 unspecified atom stereocenters. The third-order valence-electron chi connectivity index (χ3n) is 1.20. The van der Waals surface area contributed by atoms with E-state index in [1.807, 2.05) is 0 Å². The minimum absolute atomic E-state index is 0.0823. The van der Waals surface area contributed by atoms with Crippen LogP contribution in [0.2, 0.25) is 0 Å². The van der Waals surface area contributed by atoms with E-state index < -0.39 is 19.0 Å². The number of ketones is 1. The Bertz CT molecular complexity index is 182. The molecule has 0 aliphatic carbocycles. The highest BCUT2D eigenvalue weighted by Gasteiger charge is 2.25. The molecule has 0 radical (unpaired) electrons. The predicted molar refractivity (Wildman–Crippen MR) is 43.0 cm³/mol. The van der Waals surface area contributed by atoms with Crippen molar-refractivity contribution < 1.29 is 19.3 Å². The van der Waals surface area contributed by atoms with E-state index >= 15 is 0 Å². The molecule has 0 amide bonds. The van der Waals surface area contributed by atoms with Crippen LogP contribution in [0.1, 0.15) is 13.3 Å². The molecular weight excluding hydrogens is 161 g/mol. The topological polar surface area (TPSA) is 66.8 Å². The molecule has 0 aliphatic heterocycles. The second-order valence-electron chi connectivity index (χ2n) is 2.47. The van der Waals surface area contributed by atoms with Gasteiger partial charge in [0, 0.05) is 6.42 Å². The van der Waals surface area contributed by atoms with Crippen molar-refractivity contribution in [3.05, 3.63) is 0 Å². The third-order valence-corrected chi connectivity index (χ3v) is 1.20. The Kier molecular flexibility index (Phi) is 4.54. The molecule has 1 N–H and O–H groups in total. The van der Waals surface area contributed by atoms with Crippen molar-refractivity contribution in [2.75, 3.05) is 14.1 Å². The van der Waals surface area contributed by atoms with E-state index in [-0.39, 0.29) is 6.42 Å². The molecule has 68 valence electrons. The zero-order chi connectivity index (χ0) is 9.72. The van der Waals surface area contributed by atoms with Crippen LogP contribution < -0.4 is 0 Å². The standard InChI is InChI=1S/C6H12BNO4/c1-4-5(9)6(10)12-7(11)8(2)3/h11H,4H2,1-3H3. The normalized spacial score (nSPS) is 9.75. The Morgan fingerprint density at radius 1 is 1.50 bits per heavy atom. The number of hydrogen-bond donors (Lipinski definition) is 1. The number of hydrogen-bond acceptors (Lipinski definition) is 5. The monoisotopic (exact) mass is 173 g/mol. The highest BCUT2D eigenvalue weighted by Crippen LogP contribution is 1.90. The number of carbonyl (C=O) groups excluding carboxylic acids is 2. The van der Waals surface area contributed by atoms with E-state index in [4.69, 9.17) is 5.02 Å². The minimum atomic E-state index is -1.35. The van der Waals surface area contributed by atoms with Crippen LogP contribution in [0, 0.1) is 0 Å². The summed E-state index contributed by atoms with van der Waals surface area (Å²) in [4.78, 5) is 22.7. The molecule has 0 rings (SSSR count). The highest BCUT2D eigenvalue weighted by molar-refractivity contribution is 6.48. The smallest absolute Gasteiger partial charge is 0.490 e. The van der Waals surface area contributed by atoms with Crippen molar-refractivity contribution in [3.8, 4) is 0 Å². The number of nitrogens with zero attached hydrogens (tertiary/aromatic N) is 1. The van der Waals surface area contributed by atoms with Gasteiger partial charge in [0.05, 0.1) is 0 Å². The summed E-state index contributed by atoms with van der Waals surface area (Å²) in [5.74, 6) is -1.64. The van der Waals surface area contributed by atoms with Gasteiger partial charge in [0.2, 0.25) is 5.78 Å². The molecule has 0 bridgehead atoms. The van der Waals surface area contributed by atoms with Crippen LogP contribution in [0.5, 0.6) is 0 Å². The van der Waals surface area contributed by atoms with Gasteiger partial charge in [-0.25, -0.2) is 4.79 Å². The van der Waals surface area contributed by atoms with Crippen molar-refractivity contribution >= 4 is 19.0 Å². The molecule has 0 saturated heterocycles. The van der Waals surface area contributed by atoms with E-state index in [9.17, 15) is 9.59 Å². The zero-order valence-corrected chi connectivity index (χ0v) is 7.40. The van der Waals surface area contributed by atoms with Crippen molar-refractivity contribution in [1.82, 2.24) is 4.81 Å². The lowest BCUT2D eigenvalue weighted by atomic mass is 10.1. The van der Waals surface area contributed by atoms with Gasteiger partial charge in [0.1, 0.15) is 0 Å². The molecule has 12 heavy (non-hydrogen) atoms. The van der Waals surface area contributed by atoms with Gasteiger partial charge >= 0.3 is 13.2 Å². The molecule has 0 aliphatic rings. The molecule has 0 saturated carbocycles. The van der Waals surface area contributed by atoms with E-state index in [0.29, 0.717) is 0 Å². The van der Waals surface area contributed by atoms with Gasteiger partial charge in [-0.3, -0.25) is 9.61 Å².